The number of rotatable bonds is 3. The van der Waals surface area contributed by atoms with E-state index in [1.807, 2.05) is 0 Å². The van der Waals surface area contributed by atoms with Crippen molar-refractivity contribution in [3.8, 4) is 0 Å². The van der Waals surface area contributed by atoms with Crippen LogP contribution in [0.2, 0.25) is 0 Å². The second-order valence-electron chi connectivity index (χ2n) is 3.12. The Morgan fingerprint density at radius 3 is 1.00 bits per heavy atom. The molecule has 0 saturated carbocycles. The Kier molecular flexibility index (Phi) is 6.42. The Labute approximate surface area is 76.7 Å². The molecule has 0 fully saturated rings. The first-order chi connectivity index (χ1) is 4.83. The van der Waals surface area contributed by atoms with Gasteiger partial charge in [0.15, 0.2) is 17.5 Å². The van der Waals surface area contributed by atoms with Gasteiger partial charge in [-0.1, -0.05) is 0 Å². The van der Waals surface area contributed by atoms with Crippen LogP contribution in [0.25, 0.3) is 0 Å². The third kappa shape index (κ3) is 2.70. The van der Waals surface area contributed by atoms with Crippen LogP contribution in [0.5, 0.6) is 0 Å². The molecule has 0 bridgehead atoms. The van der Waals surface area contributed by atoms with E-state index in [1.54, 1.807) is 27.4 Å². The van der Waals surface area contributed by atoms with Gasteiger partial charge in [0, 0.05) is 0 Å². The molecule has 72 valence electrons. The highest BCUT2D eigenvalue weighted by Crippen LogP contribution is 2.64. The lowest BCUT2D eigenvalue weighted by Gasteiger charge is -2.30. The summed E-state index contributed by atoms with van der Waals surface area (Å²) < 4.78 is 0. The van der Waals surface area contributed by atoms with Crippen molar-refractivity contribution in [3.63, 3.8) is 0 Å². The molecule has 0 aliphatic heterocycles. The highest BCUT2D eigenvalue weighted by Gasteiger charge is 2.47. The lowest BCUT2D eigenvalue weighted by Crippen LogP contribution is -2.26. The molecule has 3 unspecified atom stereocenters. The van der Waals surface area contributed by atoms with Gasteiger partial charge in [0.25, 0.3) is 0 Å². The average Bonchev–Trinajstić information content (AvgIpc) is 1.84. The molecule has 3 N–H and O–H groups in total. The molecule has 4 radical (unpaired) electrons. The maximum absolute atomic E-state index is 9.34. The standard InChI is InChI=1S/C7H18O3P.B/c1-5(8)11(4,6(2)9)7(3)10;/h5-10H,1-4H3;/q+1;-1. The van der Waals surface area contributed by atoms with Gasteiger partial charge < -0.3 is 23.7 Å². The smallest absolute Gasteiger partial charge is 0.166 e. The number of aliphatic hydroxyl groups is 3. The average molecular weight is 192 g/mol. The second-order valence-corrected chi connectivity index (χ2v) is 7.80. The van der Waals surface area contributed by atoms with Crippen molar-refractivity contribution >= 4 is 15.7 Å². The summed E-state index contributed by atoms with van der Waals surface area (Å²) in [6.45, 7) is 6.63. The van der Waals surface area contributed by atoms with Crippen molar-refractivity contribution in [2.45, 2.75) is 38.3 Å². The molecule has 0 spiro atoms. The van der Waals surface area contributed by atoms with Gasteiger partial charge in [-0.25, -0.2) is 0 Å². The Balaban J connectivity index is 0. The van der Waals surface area contributed by atoms with Gasteiger partial charge in [0.1, 0.15) is 0 Å². The van der Waals surface area contributed by atoms with Crippen molar-refractivity contribution in [3.05, 3.63) is 0 Å². The molecule has 3 atom stereocenters. The van der Waals surface area contributed by atoms with Crippen LogP contribution in [-0.2, 0) is 0 Å². The largest absolute Gasteiger partial charge is 1.00 e. The molecular formula is C7H18BO3P. The van der Waals surface area contributed by atoms with Crippen molar-refractivity contribution in [2.75, 3.05) is 6.66 Å². The fraction of sp³-hybridized carbons (Fsp3) is 1.00. The van der Waals surface area contributed by atoms with Crippen LogP contribution in [0.4, 0.5) is 0 Å². The summed E-state index contributed by atoms with van der Waals surface area (Å²) in [4.78, 5) is 0. The minimum Gasteiger partial charge on any atom is -1.00 e. The second kappa shape index (κ2) is 5.18. The molecule has 0 rings (SSSR count). The molecule has 0 aliphatic carbocycles. The maximum atomic E-state index is 9.34. The van der Waals surface area contributed by atoms with E-state index in [-0.39, 0.29) is 8.41 Å². The number of hydrogen-bond donors (Lipinski definition) is 3. The Morgan fingerprint density at radius 1 is 0.833 bits per heavy atom. The Morgan fingerprint density at radius 2 is 1.00 bits per heavy atom. The van der Waals surface area contributed by atoms with E-state index in [2.05, 4.69) is 0 Å². The normalized spacial score (nSPS) is 23.2. The van der Waals surface area contributed by atoms with E-state index < -0.39 is 24.8 Å². The van der Waals surface area contributed by atoms with E-state index >= 15 is 0 Å². The highest BCUT2D eigenvalue weighted by atomic mass is 31.2. The molecule has 5 heteroatoms. The van der Waals surface area contributed by atoms with Gasteiger partial charge in [-0.2, -0.15) is 0 Å². The topological polar surface area (TPSA) is 60.7 Å². The summed E-state index contributed by atoms with van der Waals surface area (Å²) in [6.07, 6.45) is 0. The summed E-state index contributed by atoms with van der Waals surface area (Å²) in [7, 11) is -2.02. The Hall–Kier alpha value is 0.375. The lowest BCUT2D eigenvalue weighted by atomic mass is 10.8. The third-order valence-corrected chi connectivity index (χ3v) is 7.25. The van der Waals surface area contributed by atoms with Crippen LogP contribution < -0.4 is 0 Å². The van der Waals surface area contributed by atoms with Gasteiger partial charge in [0.2, 0.25) is 0 Å². The lowest BCUT2D eigenvalue weighted by molar-refractivity contribution is 0.206. The molecule has 0 saturated heterocycles. The number of hydrogen-bond acceptors (Lipinski definition) is 3. The quantitative estimate of drug-likeness (QED) is 0.444. The van der Waals surface area contributed by atoms with Crippen LogP contribution in [0.3, 0.4) is 0 Å². The Bertz CT molecular complexity index is 106. The minimum absolute atomic E-state index is 0. The van der Waals surface area contributed by atoms with Crippen LogP contribution in [0.15, 0.2) is 0 Å². The molecule has 0 aromatic rings. The van der Waals surface area contributed by atoms with Crippen LogP contribution in [0.1, 0.15) is 20.8 Å². The molecule has 0 heterocycles. The van der Waals surface area contributed by atoms with Crippen LogP contribution in [0, 0.1) is 0 Å². The maximum Gasteiger partial charge on any atom is 0.166 e. The third-order valence-electron chi connectivity index (χ3n) is 2.42. The van der Waals surface area contributed by atoms with Crippen molar-refractivity contribution in [2.24, 2.45) is 0 Å². The van der Waals surface area contributed by atoms with Gasteiger partial charge in [0.05, 0.1) is 13.9 Å². The molecular weight excluding hydrogens is 174 g/mol. The van der Waals surface area contributed by atoms with E-state index in [0.717, 1.165) is 0 Å². The zero-order chi connectivity index (χ0) is 9.23. The first-order valence-electron chi connectivity index (χ1n) is 3.73. The van der Waals surface area contributed by atoms with Gasteiger partial charge in [-0.15, -0.1) is 0 Å². The first-order valence-corrected chi connectivity index (χ1v) is 6.17. The first kappa shape index (κ1) is 14.9. The van der Waals surface area contributed by atoms with E-state index in [0.29, 0.717) is 0 Å². The summed E-state index contributed by atoms with van der Waals surface area (Å²) in [5.74, 6) is -1.83. The van der Waals surface area contributed by atoms with Gasteiger partial charge in [-0.05, 0) is 20.8 Å². The summed E-state index contributed by atoms with van der Waals surface area (Å²) in [6, 6.07) is 0. The monoisotopic (exact) mass is 192 g/mol. The minimum atomic E-state index is -2.02. The predicted molar refractivity (Wildman–Crippen MR) is 53.6 cm³/mol. The fourth-order valence-corrected chi connectivity index (χ4v) is 2.81. The summed E-state index contributed by atoms with van der Waals surface area (Å²) >= 11 is 0. The van der Waals surface area contributed by atoms with E-state index in [9.17, 15) is 15.3 Å². The van der Waals surface area contributed by atoms with Gasteiger partial charge >= 0.3 is 0 Å². The number of aliphatic hydroxyl groups excluding tert-OH is 3. The summed E-state index contributed by atoms with van der Waals surface area (Å²) in [5, 5.41) is 28.0. The van der Waals surface area contributed by atoms with Crippen LogP contribution in [-0.4, -0.2) is 47.9 Å². The molecule has 12 heavy (non-hydrogen) atoms. The van der Waals surface area contributed by atoms with Gasteiger partial charge in [-0.3, -0.25) is 0 Å². The van der Waals surface area contributed by atoms with Crippen molar-refractivity contribution in [1.29, 1.82) is 0 Å². The molecule has 0 aromatic heterocycles. The zero-order valence-electron chi connectivity index (χ0n) is 8.10. The van der Waals surface area contributed by atoms with Crippen molar-refractivity contribution in [1.82, 2.24) is 0 Å². The van der Waals surface area contributed by atoms with Crippen LogP contribution >= 0.6 is 7.26 Å². The fourth-order valence-electron chi connectivity index (χ4n) is 0.937. The molecule has 0 aliphatic rings. The molecule has 0 amide bonds. The van der Waals surface area contributed by atoms with E-state index in [1.165, 1.54) is 0 Å². The van der Waals surface area contributed by atoms with Crippen molar-refractivity contribution < 1.29 is 15.3 Å². The highest BCUT2D eigenvalue weighted by molar-refractivity contribution is 7.76. The molecule has 3 nitrogen and oxygen atoms in total. The van der Waals surface area contributed by atoms with E-state index in [4.69, 9.17) is 0 Å². The summed E-state index contributed by atoms with van der Waals surface area (Å²) in [5.41, 5.74) is 0. The predicted octanol–water partition coefficient (Wildman–Crippen LogP) is 0.268. The zero-order valence-corrected chi connectivity index (χ0v) is 8.99. The SMILES string of the molecule is CC(O)[P+](C)(C(C)O)C(C)O.[B-]. The molecule has 0 aromatic carbocycles.